The van der Waals surface area contributed by atoms with Crippen molar-refractivity contribution >= 4 is 27.3 Å². The number of nitro benzene ring substituents is 1. The summed E-state index contributed by atoms with van der Waals surface area (Å²) in [6.07, 6.45) is 3.48. The van der Waals surface area contributed by atoms with E-state index in [1.54, 1.807) is 13.0 Å². The summed E-state index contributed by atoms with van der Waals surface area (Å²) in [6.45, 7) is 6.94. The molecule has 0 aliphatic carbocycles. The van der Waals surface area contributed by atoms with Crippen LogP contribution >= 0.6 is 15.9 Å². The third-order valence-electron chi connectivity index (χ3n) is 3.90. The molecule has 2 rings (SSSR count). The first kappa shape index (κ1) is 16.2. The van der Waals surface area contributed by atoms with Gasteiger partial charge in [-0.05, 0) is 54.7 Å². The number of hydrogen-bond acceptors (Lipinski definition) is 4. The first-order valence-corrected chi connectivity index (χ1v) is 8.25. The number of benzene rings is 1. The van der Waals surface area contributed by atoms with Crippen LogP contribution in [0.1, 0.15) is 31.7 Å². The Hall–Kier alpha value is -1.14. The van der Waals surface area contributed by atoms with Gasteiger partial charge in [-0.15, -0.1) is 0 Å². The summed E-state index contributed by atoms with van der Waals surface area (Å²) in [5.74, 6) is 0. The number of nitrogens with one attached hydrogen (secondary N) is 1. The highest BCUT2D eigenvalue weighted by Gasteiger charge is 2.21. The molecule has 1 aromatic carbocycles. The fourth-order valence-corrected chi connectivity index (χ4v) is 3.44. The Morgan fingerprint density at radius 2 is 2.29 bits per heavy atom. The summed E-state index contributed by atoms with van der Waals surface area (Å²) < 4.78 is 0.797. The van der Waals surface area contributed by atoms with Crippen molar-refractivity contribution in [1.82, 2.24) is 5.32 Å². The van der Waals surface area contributed by atoms with Crippen LogP contribution in [0.2, 0.25) is 0 Å². The Bertz CT molecular complexity index is 516. The SMILES string of the molecule is CCCN(CC1CCCN1)c1cc(C)c([N+](=O)[O-])cc1Br. The standard InChI is InChI=1S/C15H22BrN3O2/c1-3-7-18(10-12-5-4-6-17-12)15-8-11(2)14(19(20)21)9-13(15)16/h8-9,12,17H,3-7,10H2,1-2H3. The van der Waals surface area contributed by atoms with Crippen molar-refractivity contribution in [3.05, 3.63) is 32.3 Å². The molecule has 1 N–H and O–H groups in total. The van der Waals surface area contributed by atoms with Crippen LogP contribution in [0.4, 0.5) is 11.4 Å². The van der Waals surface area contributed by atoms with Gasteiger partial charge in [0.15, 0.2) is 0 Å². The van der Waals surface area contributed by atoms with E-state index in [4.69, 9.17) is 0 Å². The van der Waals surface area contributed by atoms with E-state index in [2.05, 4.69) is 33.1 Å². The van der Waals surface area contributed by atoms with E-state index in [0.717, 1.165) is 36.2 Å². The lowest BCUT2D eigenvalue weighted by Gasteiger charge is -2.28. The largest absolute Gasteiger partial charge is 0.369 e. The van der Waals surface area contributed by atoms with E-state index in [1.807, 2.05) is 6.07 Å². The Morgan fingerprint density at radius 3 is 2.86 bits per heavy atom. The van der Waals surface area contributed by atoms with Gasteiger partial charge in [-0.1, -0.05) is 6.92 Å². The molecule has 0 radical (unpaired) electrons. The molecule has 0 bridgehead atoms. The van der Waals surface area contributed by atoms with Gasteiger partial charge in [0.05, 0.1) is 10.6 Å². The van der Waals surface area contributed by atoms with Gasteiger partial charge in [0.1, 0.15) is 0 Å². The summed E-state index contributed by atoms with van der Waals surface area (Å²) >= 11 is 3.50. The smallest absolute Gasteiger partial charge is 0.273 e. The zero-order valence-corrected chi connectivity index (χ0v) is 14.1. The van der Waals surface area contributed by atoms with Crippen LogP contribution in [0.5, 0.6) is 0 Å². The third-order valence-corrected chi connectivity index (χ3v) is 4.53. The van der Waals surface area contributed by atoms with E-state index >= 15 is 0 Å². The lowest BCUT2D eigenvalue weighted by atomic mass is 10.1. The zero-order chi connectivity index (χ0) is 15.4. The van der Waals surface area contributed by atoms with E-state index in [0.29, 0.717) is 11.6 Å². The first-order valence-electron chi connectivity index (χ1n) is 7.45. The van der Waals surface area contributed by atoms with E-state index < -0.39 is 0 Å². The van der Waals surface area contributed by atoms with Crippen molar-refractivity contribution in [2.24, 2.45) is 0 Å². The molecular formula is C15H22BrN3O2. The van der Waals surface area contributed by atoms with Gasteiger partial charge < -0.3 is 10.2 Å². The second kappa shape index (κ2) is 7.22. The number of rotatable bonds is 6. The molecule has 0 saturated carbocycles. The number of aryl methyl sites for hydroxylation is 1. The molecule has 0 aromatic heterocycles. The maximum Gasteiger partial charge on any atom is 0.273 e. The Labute approximate surface area is 134 Å². The molecule has 5 nitrogen and oxygen atoms in total. The number of halogens is 1. The van der Waals surface area contributed by atoms with Gasteiger partial charge in [0.2, 0.25) is 0 Å². The van der Waals surface area contributed by atoms with Gasteiger partial charge in [-0.25, -0.2) is 0 Å². The quantitative estimate of drug-likeness (QED) is 0.625. The van der Waals surface area contributed by atoms with Gasteiger partial charge >= 0.3 is 0 Å². The average molecular weight is 356 g/mol. The summed E-state index contributed by atoms with van der Waals surface area (Å²) in [6, 6.07) is 4.06. The van der Waals surface area contributed by atoms with E-state index in [-0.39, 0.29) is 10.6 Å². The molecular weight excluding hydrogens is 334 g/mol. The summed E-state index contributed by atoms with van der Waals surface area (Å²) in [5, 5.41) is 14.5. The van der Waals surface area contributed by atoms with Gasteiger partial charge in [0, 0.05) is 35.2 Å². The molecule has 1 fully saturated rings. The molecule has 1 aliphatic rings. The second-order valence-corrected chi connectivity index (χ2v) is 6.44. The summed E-state index contributed by atoms with van der Waals surface area (Å²) in [7, 11) is 0. The summed E-state index contributed by atoms with van der Waals surface area (Å²) in [5.41, 5.74) is 1.92. The Morgan fingerprint density at radius 1 is 1.52 bits per heavy atom. The molecule has 6 heteroatoms. The maximum atomic E-state index is 11.0. The van der Waals surface area contributed by atoms with E-state index in [1.165, 1.54) is 12.8 Å². The highest BCUT2D eigenvalue weighted by Crippen LogP contribution is 2.33. The van der Waals surface area contributed by atoms with Crippen LogP contribution < -0.4 is 10.2 Å². The fourth-order valence-electron chi connectivity index (χ4n) is 2.85. The number of nitrogens with zero attached hydrogens (tertiary/aromatic N) is 2. The van der Waals surface area contributed by atoms with Gasteiger partial charge in [-0.2, -0.15) is 0 Å². The van der Waals surface area contributed by atoms with Crippen LogP contribution in [0.3, 0.4) is 0 Å². The molecule has 1 heterocycles. The minimum absolute atomic E-state index is 0.168. The number of anilines is 1. The molecule has 1 saturated heterocycles. The molecule has 1 atom stereocenters. The van der Waals surface area contributed by atoms with Crippen LogP contribution in [-0.4, -0.2) is 30.6 Å². The Kier molecular flexibility index (Phi) is 5.58. The second-order valence-electron chi connectivity index (χ2n) is 5.59. The van der Waals surface area contributed by atoms with Gasteiger partial charge in [0.25, 0.3) is 5.69 Å². The molecule has 1 unspecified atom stereocenters. The maximum absolute atomic E-state index is 11.0. The van der Waals surface area contributed by atoms with Crippen LogP contribution in [0.25, 0.3) is 0 Å². The normalized spacial score (nSPS) is 18.0. The highest BCUT2D eigenvalue weighted by atomic mass is 79.9. The lowest BCUT2D eigenvalue weighted by Crippen LogP contribution is -2.38. The number of nitro groups is 1. The Balaban J connectivity index is 2.26. The lowest BCUT2D eigenvalue weighted by molar-refractivity contribution is -0.385. The average Bonchev–Trinajstić information content (AvgIpc) is 2.93. The van der Waals surface area contributed by atoms with Crippen molar-refractivity contribution < 1.29 is 4.92 Å². The molecule has 21 heavy (non-hydrogen) atoms. The van der Waals surface area contributed by atoms with Crippen LogP contribution in [0, 0.1) is 17.0 Å². The molecule has 116 valence electrons. The molecule has 1 aliphatic heterocycles. The van der Waals surface area contributed by atoms with Crippen molar-refractivity contribution in [2.75, 3.05) is 24.5 Å². The molecule has 0 amide bonds. The van der Waals surface area contributed by atoms with Crippen molar-refractivity contribution in [1.29, 1.82) is 0 Å². The summed E-state index contributed by atoms with van der Waals surface area (Å²) in [4.78, 5) is 13.0. The minimum atomic E-state index is -0.327. The monoisotopic (exact) mass is 355 g/mol. The van der Waals surface area contributed by atoms with Crippen molar-refractivity contribution in [3.8, 4) is 0 Å². The van der Waals surface area contributed by atoms with Gasteiger partial charge in [-0.3, -0.25) is 10.1 Å². The predicted molar refractivity (Wildman–Crippen MR) is 89.1 cm³/mol. The first-order chi connectivity index (χ1) is 10.0. The minimum Gasteiger partial charge on any atom is -0.369 e. The highest BCUT2D eigenvalue weighted by molar-refractivity contribution is 9.10. The molecule has 0 spiro atoms. The predicted octanol–water partition coefficient (Wildman–Crippen LogP) is 3.63. The van der Waals surface area contributed by atoms with E-state index in [9.17, 15) is 10.1 Å². The van der Waals surface area contributed by atoms with Crippen molar-refractivity contribution in [3.63, 3.8) is 0 Å². The molecule has 1 aromatic rings. The fraction of sp³-hybridized carbons (Fsp3) is 0.600. The third kappa shape index (κ3) is 3.95. The van der Waals surface area contributed by atoms with Crippen LogP contribution in [0.15, 0.2) is 16.6 Å². The topological polar surface area (TPSA) is 58.4 Å². The van der Waals surface area contributed by atoms with Crippen molar-refractivity contribution in [2.45, 2.75) is 39.2 Å². The zero-order valence-electron chi connectivity index (χ0n) is 12.6. The number of hydrogen-bond donors (Lipinski definition) is 1. The van der Waals surface area contributed by atoms with Crippen LogP contribution in [-0.2, 0) is 0 Å².